The second-order valence-corrected chi connectivity index (χ2v) is 9.96. The van der Waals surface area contributed by atoms with Gasteiger partial charge in [0.15, 0.2) is 0 Å². The van der Waals surface area contributed by atoms with Gasteiger partial charge in [-0.3, -0.25) is 4.98 Å². The average Bonchev–Trinajstić information content (AvgIpc) is 3.12. The summed E-state index contributed by atoms with van der Waals surface area (Å²) >= 11 is 0. The van der Waals surface area contributed by atoms with Crippen molar-refractivity contribution in [2.24, 2.45) is 39.6 Å². The Morgan fingerprint density at radius 1 is 1.26 bits per heavy atom. The first-order chi connectivity index (χ1) is 15.0. The molecule has 2 fully saturated rings. The van der Waals surface area contributed by atoms with E-state index in [0.717, 1.165) is 17.8 Å². The van der Waals surface area contributed by atoms with E-state index in [1.165, 1.54) is 56.1 Å². The molecule has 0 saturated heterocycles. The van der Waals surface area contributed by atoms with E-state index >= 15 is 0 Å². The summed E-state index contributed by atoms with van der Waals surface area (Å²) in [6.45, 7) is 8.02. The van der Waals surface area contributed by atoms with E-state index in [0.29, 0.717) is 17.9 Å². The number of carbonyl (C=O) groups excluding carboxylic acids is 2. The molecule has 1 heterocycles. The number of azide groups is 1. The monoisotopic (exact) mass is 422 g/mol. The topological polar surface area (TPSA) is 95.8 Å². The Kier molecular flexibility index (Phi) is 7.35. The summed E-state index contributed by atoms with van der Waals surface area (Å²) in [5, 5.41) is 4.01. The first-order valence-electron chi connectivity index (χ1n) is 11.6. The normalized spacial score (nSPS) is 35.9. The van der Waals surface area contributed by atoms with E-state index < -0.39 is 0 Å². The van der Waals surface area contributed by atoms with Gasteiger partial charge in [-0.15, -0.1) is 0 Å². The van der Waals surface area contributed by atoms with Crippen molar-refractivity contribution in [3.8, 4) is 0 Å². The van der Waals surface area contributed by atoms with Gasteiger partial charge in [0, 0.05) is 23.9 Å². The van der Waals surface area contributed by atoms with Gasteiger partial charge in [0.25, 0.3) is 0 Å². The molecule has 6 nitrogen and oxygen atoms in total. The van der Waals surface area contributed by atoms with Gasteiger partial charge in [0.1, 0.15) is 0 Å². The van der Waals surface area contributed by atoms with E-state index in [1.807, 2.05) is 12.4 Å². The fourth-order valence-electron chi connectivity index (χ4n) is 7.44. The smallest absolute Gasteiger partial charge is 0.264 e. The maximum atomic E-state index is 8.87. The van der Waals surface area contributed by atoms with Crippen LogP contribution in [0.15, 0.2) is 35.7 Å². The van der Waals surface area contributed by atoms with Gasteiger partial charge in [-0.2, -0.15) is 9.59 Å². The van der Waals surface area contributed by atoms with Crippen molar-refractivity contribution in [1.82, 2.24) is 4.98 Å². The van der Waals surface area contributed by atoms with Crippen LogP contribution in [0.3, 0.4) is 0 Å². The summed E-state index contributed by atoms with van der Waals surface area (Å²) in [6.07, 6.45) is 15.5. The largest absolute Gasteiger partial charge is 0.373 e. The molecule has 0 bridgehead atoms. The van der Waals surface area contributed by atoms with Crippen molar-refractivity contribution < 1.29 is 9.59 Å². The Hall–Kier alpha value is -2.42. The zero-order valence-corrected chi connectivity index (χ0v) is 19.0. The van der Waals surface area contributed by atoms with E-state index in [4.69, 9.17) is 15.1 Å². The molecule has 6 heteroatoms. The third-order valence-corrected chi connectivity index (χ3v) is 8.77. The van der Waals surface area contributed by atoms with Gasteiger partial charge in [-0.25, -0.2) is 0 Å². The summed E-state index contributed by atoms with van der Waals surface area (Å²) in [6, 6.07) is 4.30. The minimum Gasteiger partial charge on any atom is -0.264 e. The zero-order chi connectivity index (χ0) is 22.5. The Balaban J connectivity index is 0.000000858. The van der Waals surface area contributed by atoms with Crippen LogP contribution in [0.25, 0.3) is 16.0 Å². The average molecular weight is 423 g/mol. The number of aromatic nitrogens is 1. The summed E-state index contributed by atoms with van der Waals surface area (Å²) in [5.74, 6) is 2.85. The second kappa shape index (κ2) is 9.80. The standard InChI is InChI=1S/C24H34N4.CO2/c1-4-12-23(2)18(16-27-28-25)7-8-19-21-10-9-20(17-6-5-14-26-15-17)24(21,3)13-11-22(19)23;2-1-3/h5-6,9,14-15,18-19,21-22H,4,7-8,10-13,16H2,1-3H3;/t18-,19-,21-,22-,23-,24+;/m0./s1. The number of fused-ring (bicyclic) bond motifs is 3. The van der Waals surface area contributed by atoms with Crippen molar-refractivity contribution in [1.29, 1.82) is 0 Å². The fourth-order valence-corrected chi connectivity index (χ4v) is 7.44. The molecule has 0 N–H and O–H groups in total. The van der Waals surface area contributed by atoms with Gasteiger partial charge in [-0.05, 0) is 95.8 Å². The number of hydrogen-bond acceptors (Lipinski definition) is 4. The SMILES string of the molecule is CCC[C@@]1(C)[C@H](CN=[N+]=[N-])CC[C@@H]2[C@@H]1CC[C@]1(C)C(c3cccnc3)=CC[C@@H]21.O=C=O. The highest BCUT2D eigenvalue weighted by molar-refractivity contribution is 5.72. The van der Waals surface area contributed by atoms with E-state index in [2.05, 4.69) is 54.0 Å². The highest BCUT2D eigenvalue weighted by atomic mass is 16.2. The van der Waals surface area contributed by atoms with Crippen LogP contribution >= 0.6 is 0 Å². The molecule has 3 aliphatic rings. The summed E-state index contributed by atoms with van der Waals surface area (Å²) < 4.78 is 0. The fraction of sp³-hybridized carbons (Fsp3) is 0.680. The van der Waals surface area contributed by atoms with Gasteiger partial charge in [0.05, 0.1) is 0 Å². The lowest BCUT2D eigenvalue weighted by Gasteiger charge is -2.59. The Morgan fingerprint density at radius 3 is 2.68 bits per heavy atom. The first kappa shape index (κ1) is 23.2. The van der Waals surface area contributed by atoms with Crippen molar-refractivity contribution in [2.45, 2.75) is 65.7 Å². The molecule has 1 aromatic heterocycles. The molecule has 0 aliphatic heterocycles. The third kappa shape index (κ3) is 4.20. The summed E-state index contributed by atoms with van der Waals surface area (Å²) in [4.78, 5) is 23.7. The molecule has 3 aliphatic carbocycles. The van der Waals surface area contributed by atoms with Crippen molar-refractivity contribution in [2.75, 3.05) is 6.54 Å². The molecule has 0 amide bonds. The van der Waals surface area contributed by atoms with Crippen molar-refractivity contribution in [3.63, 3.8) is 0 Å². The van der Waals surface area contributed by atoms with Crippen LogP contribution in [0.1, 0.15) is 71.3 Å². The van der Waals surface area contributed by atoms with Crippen LogP contribution in [0.2, 0.25) is 0 Å². The summed E-state index contributed by atoms with van der Waals surface area (Å²) in [5.41, 5.74) is 12.3. The quantitative estimate of drug-likeness (QED) is 0.309. The lowest BCUT2D eigenvalue weighted by Crippen LogP contribution is -2.52. The van der Waals surface area contributed by atoms with Gasteiger partial charge < -0.3 is 0 Å². The Bertz CT molecular complexity index is 873. The van der Waals surface area contributed by atoms with Gasteiger partial charge >= 0.3 is 6.15 Å². The molecule has 0 radical (unpaired) electrons. The molecule has 1 aromatic rings. The molecule has 0 spiro atoms. The second-order valence-electron chi connectivity index (χ2n) is 9.96. The van der Waals surface area contributed by atoms with E-state index in [1.54, 1.807) is 0 Å². The van der Waals surface area contributed by atoms with E-state index in [-0.39, 0.29) is 11.6 Å². The minimum absolute atomic E-state index is 0.250. The number of hydrogen-bond donors (Lipinski definition) is 0. The van der Waals surface area contributed by atoms with Gasteiger partial charge in [-0.1, -0.05) is 44.4 Å². The van der Waals surface area contributed by atoms with Crippen LogP contribution in [-0.4, -0.2) is 17.7 Å². The number of allylic oxidation sites excluding steroid dienone is 2. The van der Waals surface area contributed by atoms with Gasteiger partial charge in [0.2, 0.25) is 0 Å². The number of nitrogens with zero attached hydrogens (tertiary/aromatic N) is 4. The number of rotatable bonds is 5. The Morgan fingerprint density at radius 2 is 2.03 bits per heavy atom. The van der Waals surface area contributed by atoms with Crippen LogP contribution in [-0.2, 0) is 9.59 Å². The summed E-state index contributed by atoms with van der Waals surface area (Å²) in [7, 11) is 0. The first-order valence-corrected chi connectivity index (χ1v) is 11.6. The van der Waals surface area contributed by atoms with E-state index in [9.17, 15) is 0 Å². The molecule has 2 saturated carbocycles. The van der Waals surface area contributed by atoms with Crippen LogP contribution in [0.5, 0.6) is 0 Å². The molecule has 166 valence electrons. The molecule has 6 atom stereocenters. The lowest BCUT2D eigenvalue weighted by molar-refractivity contribution is -0.191. The van der Waals surface area contributed by atoms with Crippen molar-refractivity contribution >= 4 is 11.7 Å². The van der Waals surface area contributed by atoms with Crippen LogP contribution in [0, 0.1) is 34.5 Å². The molecule has 0 unspecified atom stereocenters. The third-order valence-electron chi connectivity index (χ3n) is 8.77. The van der Waals surface area contributed by atoms with Crippen molar-refractivity contribution in [3.05, 3.63) is 46.6 Å². The number of pyridine rings is 1. The maximum Gasteiger partial charge on any atom is 0.373 e. The highest BCUT2D eigenvalue weighted by Crippen LogP contribution is 2.66. The molecule has 4 rings (SSSR count). The molecular weight excluding hydrogens is 388 g/mol. The highest BCUT2D eigenvalue weighted by Gasteiger charge is 2.57. The molecule has 31 heavy (non-hydrogen) atoms. The molecule has 0 aromatic carbocycles. The zero-order valence-electron chi connectivity index (χ0n) is 19.0. The van der Waals surface area contributed by atoms with Crippen LogP contribution in [0.4, 0.5) is 0 Å². The Labute approximate surface area is 185 Å². The predicted molar refractivity (Wildman–Crippen MR) is 119 cm³/mol. The van der Waals surface area contributed by atoms with Crippen LogP contribution < -0.4 is 0 Å². The predicted octanol–water partition coefficient (Wildman–Crippen LogP) is 6.46. The lowest BCUT2D eigenvalue weighted by atomic mass is 9.46. The maximum absolute atomic E-state index is 8.87. The minimum atomic E-state index is 0.250. The molecular formula is C25H34N4O2.